The molecule has 1 unspecified atom stereocenters. The van der Waals surface area contributed by atoms with Crippen LogP contribution in [0, 0.1) is 13.8 Å². The van der Waals surface area contributed by atoms with Crippen LogP contribution in [0.5, 0.6) is 0 Å². The molecule has 1 N–H and O–H groups in total. The number of likely N-dealkylation sites (tertiary alicyclic amines) is 1. The Balaban J connectivity index is 1.39. The molecule has 0 radical (unpaired) electrons. The Bertz CT molecular complexity index is 1080. The molecular formula is C21H23N4O2S+. The molecule has 0 spiro atoms. The topological polar surface area (TPSA) is 69.4 Å². The van der Waals surface area contributed by atoms with Gasteiger partial charge in [-0.05, 0) is 44.9 Å². The average Bonchev–Trinajstić information content (AvgIpc) is 3.40. The average molecular weight is 396 g/mol. The fraction of sp³-hybridized carbons (Fsp3) is 0.381. The number of nitrogens with zero attached hydrogens (tertiary/aromatic N) is 3. The number of benzene rings is 1. The minimum Gasteiger partial charge on any atom is -0.466 e. The van der Waals surface area contributed by atoms with E-state index in [-0.39, 0.29) is 0 Å². The van der Waals surface area contributed by atoms with E-state index in [1.807, 2.05) is 31.3 Å². The third kappa shape index (κ3) is 3.25. The molecule has 0 bridgehead atoms. The standard InChI is InChI=1S/C21H22N4O2S/c1-13-11-15(14(2)26-13)20-24-23-19(27-20)12-25-10-6-5-8-17(25)21-22-16-7-3-4-9-18(16)28-21/h3-4,7,9,11,17H,5-6,8,10,12H2,1-2H3/p+1/t17-/m0/s1. The molecule has 0 aliphatic carbocycles. The fourth-order valence-electron chi connectivity index (χ4n) is 4.10. The highest BCUT2D eigenvalue weighted by Gasteiger charge is 2.32. The van der Waals surface area contributed by atoms with Gasteiger partial charge in [0.1, 0.15) is 17.6 Å². The van der Waals surface area contributed by atoms with Gasteiger partial charge in [0.2, 0.25) is 0 Å². The second-order valence-electron chi connectivity index (χ2n) is 7.48. The third-order valence-electron chi connectivity index (χ3n) is 5.46. The predicted molar refractivity (Wildman–Crippen MR) is 107 cm³/mol. The molecule has 1 aliphatic heterocycles. The first-order chi connectivity index (χ1) is 13.7. The van der Waals surface area contributed by atoms with Crippen LogP contribution in [-0.4, -0.2) is 21.7 Å². The first kappa shape index (κ1) is 17.6. The summed E-state index contributed by atoms with van der Waals surface area (Å²) in [6, 6.07) is 10.7. The maximum absolute atomic E-state index is 5.99. The van der Waals surface area contributed by atoms with Crippen LogP contribution >= 0.6 is 11.3 Å². The normalized spacial score (nSPS) is 20.1. The summed E-state index contributed by atoms with van der Waals surface area (Å²) in [5, 5.41) is 9.79. The number of aryl methyl sites for hydroxylation is 2. The van der Waals surface area contributed by atoms with Crippen molar-refractivity contribution in [1.82, 2.24) is 15.2 Å². The molecule has 1 saturated heterocycles. The maximum atomic E-state index is 5.99. The zero-order chi connectivity index (χ0) is 19.1. The van der Waals surface area contributed by atoms with Crippen molar-refractivity contribution < 1.29 is 13.7 Å². The fourth-order valence-corrected chi connectivity index (χ4v) is 5.26. The SMILES string of the molecule is Cc1cc(-c2nnc(C[NH+]3CCCC[C@H]3c3nc4ccccc4s3)o2)c(C)o1. The van der Waals surface area contributed by atoms with Crippen molar-refractivity contribution in [2.45, 2.75) is 45.7 Å². The Kier molecular flexibility index (Phi) is 4.49. The van der Waals surface area contributed by atoms with Crippen molar-refractivity contribution in [1.29, 1.82) is 0 Å². The van der Waals surface area contributed by atoms with Gasteiger partial charge in [-0.3, -0.25) is 0 Å². The molecule has 2 atom stereocenters. The van der Waals surface area contributed by atoms with E-state index in [1.165, 1.54) is 27.4 Å². The van der Waals surface area contributed by atoms with Crippen LogP contribution in [0.4, 0.5) is 0 Å². The van der Waals surface area contributed by atoms with Gasteiger partial charge in [0.15, 0.2) is 11.6 Å². The Hall–Kier alpha value is -2.51. The van der Waals surface area contributed by atoms with Crippen LogP contribution in [0.25, 0.3) is 21.7 Å². The third-order valence-corrected chi connectivity index (χ3v) is 6.61. The number of nitrogens with one attached hydrogen (secondary N) is 1. The van der Waals surface area contributed by atoms with E-state index >= 15 is 0 Å². The summed E-state index contributed by atoms with van der Waals surface area (Å²) < 4.78 is 12.8. The van der Waals surface area contributed by atoms with Crippen molar-refractivity contribution in [3.63, 3.8) is 0 Å². The quantitative estimate of drug-likeness (QED) is 0.568. The van der Waals surface area contributed by atoms with E-state index in [4.69, 9.17) is 13.8 Å². The highest BCUT2D eigenvalue weighted by Crippen LogP contribution is 2.29. The summed E-state index contributed by atoms with van der Waals surface area (Å²) in [5.74, 6) is 2.88. The van der Waals surface area contributed by atoms with Gasteiger partial charge in [0.25, 0.3) is 11.8 Å². The first-order valence-corrected chi connectivity index (χ1v) is 10.6. The molecular weight excluding hydrogens is 372 g/mol. The van der Waals surface area contributed by atoms with Crippen molar-refractivity contribution in [3.8, 4) is 11.5 Å². The minimum absolute atomic E-state index is 0.388. The molecule has 0 saturated carbocycles. The van der Waals surface area contributed by atoms with Gasteiger partial charge in [-0.25, -0.2) is 4.98 Å². The zero-order valence-electron chi connectivity index (χ0n) is 16.1. The Morgan fingerprint density at radius 3 is 2.86 bits per heavy atom. The second-order valence-corrected chi connectivity index (χ2v) is 8.54. The number of aromatic nitrogens is 3. The van der Waals surface area contributed by atoms with Crippen LogP contribution in [0.15, 0.2) is 39.2 Å². The van der Waals surface area contributed by atoms with E-state index in [9.17, 15) is 0 Å². The number of thiazole rings is 1. The molecule has 4 heterocycles. The molecule has 1 aliphatic rings. The molecule has 1 fully saturated rings. The van der Waals surface area contributed by atoms with Gasteiger partial charge in [-0.2, -0.15) is 0 Å². The molecule has 144 valence electrons. The number of piperidine rings is 1. The molecule has 7 heteroatoms. The molecule has 28 heavy (non-hydrogen) atoms. The van der Waals surface area contributed by atoms with Gasteiger partial charge >= 0.3 is 0 Å². The maximum Gasteiger partial charge on any atom is 0.271 e. The summed E-state index contributed by atoms with van der Waals surface area (Å²) in [7, 11) is 0. The summed E-state index contributed by atoms with van der Waals surface area (Å²) in [5.41, 5.74) is 1.98. The molecule has 5 rings (SSSR count). The van der Waals surface area contributed by atoms with Gasteiger partial charge in [0.05, 0.1) is 22.3 Å². The summed E-state index contributed by atoms with van der Waals surface area (Å²) in [6.07, 6.45) is 3.61. The number of fused-ring (bicyclic) bond motifs is 1. The second kappa shape index (κ2) is 7.14. The first-order valence-electron chi connectivity index (χ1n) is 9.77. The highest BCUT2D eigenvalue weighted by atomic mass is 32.1. The number of para-hydroxylation sites is 1. The van der Waals surface area contributed by atoms with E-state index in [1.54, 1.807) is 0 Å². The Labute approximate surface area is 167 Å². The zero-order valence-corrected chi connectivity index (χ0v) is 16.9. The predicted octanol–water partition coefficient (Wildman–Crippen LogP) is 3.87. The molecule has 3 aromatic heterocycles. The molecule has 0 amide bonds. The van der Waals surface area contributed by atoms with Crippen molar-refractivity contribution in [3.05, 3.63) is 52.8 Å². The van der Waals surface area contributed by atoms with E-state index in [0.29, 0.717) is 17.8 Å². The minimum atomic E-state index is 0.388. The largest absolute Gasteiger partial charge is 0.466 e. The Morgan fingerprint density at radius 1 is 1.14 bits per heavy atom. The van der Waals surface area contributed by atoms with Crippen LogP contribution < -0.4 is 4.90 Å². The van der Waals surface area contributed by atoms with Crippen LogP contribution in [0.2, 0.25) is 0 Å². The molecule has 6 nitrogen and oxygen atoms in total. The van der Waals surface area contributed by atoms with Crippen LogP contribution in [-0.2, 0) is 6.54 Å². The number of quaternary nitrogens is 1. The summed E-state index contributed by atoms with van der Waals surface area (Å²) in [4.78, 5) is 6.37. The number of rotatable bonds is 4. The lowest BCUT2D eigenvalue weighted by atomic mass is 10.0. The van der Waals surface area contributed by atoms with Crippen LogP contribution in [0.1, 0.15) is 47.7 Å². The number of hydrogen-bond donors (Lipinski definition) is 1. The van der Waals surface area contributed by atoms with Crippen molar-refractivity contribution in [2.75, 3.05) is 6.54 Å². The lowest BCUT2D eigenvalue weighted by molar-refractivity contribution is -0.951. The lowest BCUT2D eigenvalue weighted by Gasteiger charge is -2.30. The van der Waals surface area contributed by atoms with Gasteiger partial charge in [-0.15, -0.1) is 21.5 Å². The number of hydrogen-bond acceptors (Lipinski definition) is 6. The van der Waals surface area contributed by atoms with Gasteiger partial charge in [0, 0.05) is 6.42 Å². The van der Waals surface area contributed by atoms with Crippen molar-refractivity contribution >= 4 is 21.6 Å². The molecule has 4 aromatic rings. The van der Waals surface area contributed by atoms with Crippen LogP contribution in [0.3, 0.4) is 0 Å². The highest BCUT2D eigenvalue weighted by molar-refractivity contribution is 7.18. The van der Waals surface area contributed by atoms with Gasteiger partial charge < -0.3 is 13.7 Å². The van der Waals surface area contributed by atoms with E-state index in [2.05, 4.69) is 34.5 Å². The smallest absolute Gasteiger partial charge is 0.271 e. The lowest BCUT2D eigenvalue weighted by Crippen LogP contribution is -3.11. The summed E-state index contributed by atoms with van der Waals surface area (Å²) in [6.45, 7) is 5.67. The van der Waals surface area contributed by atoms with E-state index in [0.717, 1.165) is 42.1 Å². The van der Waals surface area contributed by atoms with E-state index < -0.39 is 0 Å². The van der Waals surface area contributed by atoms with Crippen molar-refractivity contribution in [2.24, 2.45) is 0 Å². The number of furan rings is 1. The monoisotopic (exact) mass is 395 g/mol. The molecule has 1 aromatic carbocycles. The van der Waals surface area contributed by atoms with Gasteiger partial charge in [-0.1, -0.05) is 12.1 Å². The summed E-state index contributed by atoms with van der Waals surface area (Å²) >= 11 is 1.81. The Morgan fingerprint density at radius 2 is 2.04 bits per heavy atom.